The van der Waals surface area contributed by atoms with Gasteiger partial charge < -0.3 is 10.5 Å². The molecule has 0 aromatic heterocycles. The van der Waals surface area contributed by atoms with Crippen LogP contribution in [0.25, 0.3) is 0 Å². The molecule has 0 bridgehead atoms. The van der Waals surface area contributed by atoms with Gasteiger partial charge in [-0.3, -0.25) is 0 Å². The summed E-state index contributed by atoms with van der Waals surface area (Å²) in [4.78, 5) is 0. The molecular formula is C13H19NO. The predicted molar refractivity (Wildman–Crippen MR) is 61.5 cm³/mol. The lowest BCUT2D eigenvalue weighted by atomic mass is 9.88. The molecule has 0 fully saturated rings. The number of nitrogens with two attached hydrogens (primary N) is 1. The molecular weight excluding hydrogens is 186 g/mol. The molecule has 0 spiro atoms. The molecule has 1 aromatic rings. The van der Waals surface area contributed by atoms with E-state index in [0.717, 1.165) is 0 Å². The zero-order chi connectivity index (χ0) is 11.0. The van der Waals surface area contributed by atoms with Crippen LogP contribution in [-0.2, 0) is 11.3 Å². The van der Waals surface area contributed by atoms with Crippen LogP contribution in [-0.4, -0.2) is 6.10 Å². The molecule has 0 saturated carbocycles. The van der Waals surface area contributed by atoms with Gasteiger partial charge in [0, 0.05) is 0 Å². The maximum atomic E-state index is 6.24. The fourth-order valence-corrected chi connectivity index (χ4v) is 2.23. The summed E-state index contributed by atoms with van der Waals surface area (Å²) in [5.41, 5.74) is 10.0. The molecule has 82 valence electrons. The van der Waals surface area contributed by atoms with Crippen molar-refractivity contribution in [1.82, 2.24) is 0 Å². The molecule has 2 heteroatoms. The molecule has 2 rings (SSSR count). The summed E-state index contributed by atoms with van der Waals surface area (Å²) in [6.45, 7) is 7.12. The van der Waals surface area contributed by atoms with Crippen molar-refractivity contribution in [2.75, 3.05) is 0 Å². The van der Waals surface area contributed by atoms with Crippen molar-refractivity contribution in [2.45, 2.75) is 39.5 Å². The number of fused-ring (bicyclic) bond motifs is 1. The Hall–Kier alpha value is -0.860. The first-order chi connectivity index (χ1) is 7.09. The van der Waals surface area contributed by atoms with Crippen LogP contribution in [0.5, 0.6) is 0 Å². The van der Waals surface area contributed by atoms with Crippen LogP contribution in [0.15, 0.2) is 18.2 Å². The lowest BCUT2D eigenvalue weighted by Gasteiger charge is -2.34. The van der Waals surface area contributed by atoms with Crippen molar-refractivity contribution < 1.29 is 4.74 Å². The molecule has 0 amide bonds. The summed E-state index contributed by atoms with van der Waals surface area (Å²) < 4.78 is 5.79. The van der Waals surface area contributed by atoms with Gasteiger partial charge in [0.25, 0.3) is 0 Å². The van der Waals surface area contributed by atoms with Gasteiger partial charge in [0.05, 0.1) is 18.8 Å². The molecule has 2 atom stereocenters. The van der Waals surface area contributed by atoms with E-state index in [2.05, 4.69) is 39.0 Å². The maximum absolute atomic E-state index is 6.24. The van der Waals surface area contributed by atoms with E-state index >= 15 is 0 Å². The largest absolute Gasteiger partial charge is 0.371 e. The van der Waals surface area contributed by atoms with Crippen molar-refractivity contribution in [3.63, 3.8) is 0 Å². The van der Waals surface area contributed by atoms with Crippen molar-refractivity contribution >= 4 is 0 Å². The van der Waals surface area contributed by atoms with Crippen molar-refractivity contribution in [1.29, 1.82) is 0 Å². The van der Waals surface area contributed by atoms with Crippen LogP contribution in [0.3, 0.4) is 0 Å². The van der Waals surface area contributed by atoms with E-state index in [4.69, 9.17) is 10.5 Å². The Bertz CT molecular complexity index is 360. The summed E-state index contributed by atoms with van der Waals surface area (Å²) in [5, 5.41) is 0. The molecule has 0 aliphatic carbocycles. The van der Waals surface area contributed by atoms with Crippen LogP contribution < -0.4 is 5.73 Å². The lowest BCUT2D eigenvalue weighted by Crippen LogP contribution is -2.37. The number of aryl methyl sites for hydroxylation is 1. The van der Waals surface area contributed by atoms with E-state index in [1.54, 1.807) is 0 Å². The highest BCUT2D eigenvalue weighted by Crippen LogP contribution is 2.31. The Balaban J connectivity index is 2.36. The van der Waals surface area contributed by atoms with Gasteiger partial charge in [0.15, 0.2) is 0 Å². The van der Waals surface area contributed by atoms with Crippen molar-refractivity contribution in [3.8, 4) is 0 Å². The van der Waals surface area contributed by atoms with Gasteiger partial charge in [-0.15, -0.1) is 0 Å². The molecule has 1 aliphatic rings. The highest BCUT2D eigenvalue weighted by atomic mass is 16.5. The average Bonchev–Trinajstić information content (AvgIpc) is 2.19. The fraction of sp³-hybridized carbons (Fsp3) is 0.538. The molecule has 15 heavy (non-hydrogen) atoms. The average molecular weight is 205 g/mol. The van der Waals surface area contributed by atoms with Gasteiger partial charge in [-0.25, -0.2) is 0 Å². The summed E-state index contributed by atoms with van der Waals surface area (Å²) in [6, 6.07) is 6.46. The van der Waals surface area contributed by atoms with Gasteiger partial charge in [-0.1, -0.05) is 37.6 Å². The Kier molecular flexibility index (Phi) is 2.81. The second-order valence-corrected chi connectivity index (χ2v) is 4.75. The topological polar surface area (TPSA) is 35.2 Å². The van der Waals surface area contributed by atoms with Gasteiger partial charge >= 0.3 is 0 Å². The van der Waals surface area contributed by atoms with Gasteiger partial charge in [0.2, 0.25) is 0 Å². The predicted octanol–water partition coefficient (Wildman–Crippen LogP) is 2.55. The van der Waals surface area contributed by atoms with E-state index in [1.807, 2.05) is 0 Å². The normalized spacial score (nSPS) is 25.4. The smallest absolute Gasteiger partial charge is 0.0795 e. The van der Waals surface area contributed by atoms with Gasteiger partial charge in [0.1, 0.15) is 0 Å². The summed E-state index contributed by atoms with van der Waals surface area (Å²) >= 11 is 0. The van der Waals surface area contributed by atoms with Gasteiger partial charge in [-0.2, -0.15) is 0 Å². The van der Waals surface area contributed by atoms with Gasteiger partial charge in [-0.05, 0) is 24.0 Å². The van der Waals surface area contributed by atoms with Crippen LogP contribution in [0.4, 0.5) is 0 Å². The van der Waals surface area contributed by atoms with Crippen LogP contribution in [0.1, 0.15) is 36.6 Å². The lowest BCUT2D eigenvalue weighted by molar-refractivity contribution is -0.0195. The van der Waals surface area contributed by atoms with E-state index < -0.39 is 0 Å². The maximum Gasteiger partial charge on any atom is 0.0795 e. The fourth-order valence-electron chi connectivity index (χ4n) is 2.23. The monoisotopic (exact) mass is 205 g/mol. The van der Waals surface area contributed by atoms with Crippen molar-refractivity contribution in [3.05, 3.63) is 34.9 Å². The minimum atomic E-state index is 0.0219. The van der Waals surface area contributed by atoms with E-state index in [-0.39, 0.29) is 12.1 Å². The Morgan fingerprint density at radius 2 is 2.13 bits per heavy atom. The molecule has 0 radical (unpaired) electrons. The minimum Gasteiger partial charge on any atom is -0.371 e. The third-order valence-electron chi connectivity index (χ3n) is 3.10. The second kappa shape index (κ2) is 3.95. The third kappa shape index (κ3) is 1.92. The number of benzene rings is 1. The van der Waals surface area contributed by atoms with E-state index in [9.17, 15) is 0 Å². The molecule has 2 nitrogen and oxygen atoms in total. The van der Waals surface area contributed by atoms with Crippen LogP contribution in [0, 0.1) is 12.8 Å². The zero-order valence-electron chi connectivity index (χ0n) is 9.66. The first-order valence-electron chi connectivity index (χ1n) is 5.56. The zero-order valence-corrected chi connectivity index (χ0v) is 9.66. The number of hydrogen-bond donors (Lipinski definition) is 1. The Morgan fingerprint density at radius 1 is 1.40 bits per heavy atom. The highest BCUT2D eigenvalue weighted by molar-refractivity contribution is 5.35. The summed E-state index contributed by atoms with van der Waals surface area (Å²) in [6.07, 6.45) is 0.152. The minimum absolute atomic E-state index is 0.0219. The first kappa shape index (κ1) is 10.7. The quantitative estimate of drug-likeness (QED) is 0.764. The molecule has 1 heterocycles. The molecule has 0 unspecified atom stereocenters. The van der Waals surface area contributed by atoms with Crippen LogP contribution in [0.2, 0.25) is 0 Å². The molecule has 0 saturated heterocycles. The number of ether oxygens (including phenoxy) is 1. The van der Waals surface area contributed by atoms with Crippen molar-refractivity contribution in [2.24, 2.45) is 11.7 Å². The Morgan fingerprint density at radius 3 is 2.80 bits per heavy atom. The SMILES string of the molecule is Cc1ccc2c(c1)[C@H](N)[C@H](C(C)C)OC2. The number of hydrogen-bond acceptors (Lipinski definition) is 2. The van der Waals surface area contributed by atoms with E-state index in [1.165, 1.54) is 16.7 Å². The summed E-state index contributed by atoms with van der Waals surface area (Å²) in [5.74, 6) is 0.466. The summed E-state index contributed by atoms with van der Waals surface area (Å²) in [7, 11) is 0. The molecule has 1 aliphatic heterocycles. The number of rotatable bonds is 1. The second-order valence-electron chi connectivity index (χ2n) is 4.75. The standard InChI is InChI=1S/C13H19NO/c1-8(2)13-12(14)11-6-9(3)4-5-10(11)7-15-13/h4-6,8,12-13H,7,14H2,1-3H3/t12-,13-/m0/s1. The third-order valence-corrected chi connectivity index (χ3v) is 3.10. The van der Waals surface area contributed by atoms with E-state index in [0.29, 0.717) is 12.5 Å². The Labute approximate surface area is 91.4 Å². The first-order valence-corrected chi connectivity index (χ1v) is 5.56. The molecule has 1 aromatic carbocycles. The molecule has 2 N–H and O–H groups in total. The highest BCUT2D eigenvalue weighted by Gasteiger charge is 2.29. The van der Waals surface area contributed by atoms with Crippen LogP contribution >= 0.6 is 0 Å².